The van der Waals surface area contributed by atoms with Gasteiger partial charge in [-0.25, -0.2) is 0 Å². The van der Waals surface area contributed by atoms with Gasteiger partial charge in [-0.1, -0.05) is 132 Å². The molecule has 36 heavy (non-hydrogen) atoms. The molecule has 2 atom stereocenters. The van der Waals surface area contributed by atoms with E-state index in [0.717, 1.165) is 16.7 Å². The third-order valence-electron chi connectivity index (χ3n) is 8.01. The van der Waals surface area contributed by atoms with Crippen molar-refractivity contribution < 1.29 is 9.59 Å². The molecule has 188 valence electrons. The summed E-state index contributed by atoms with van der Waals surface area (Å²) >= 11 is 1.76. The number of rotatable bonds is 8. The highest BCUT2D eigenvalue weighted by Crippen LogP contribution is 2.57. The fraction of sp³-hybridized carbons (Fsp3) is 0.355. The number of nitrogens with zero attached hydrogens (tertiary/aromatic N) is 1. The average Bonchev–Trinajstić information content (AvgIpc) is 2.87. The van der Waals surface area contributed by atoms with Gasteiger partial charge in [-0.15, -0.1) is 11.8 Å². The number of carbonyl (C=O) groups excluding carboxylic acids is 2. The van der Waals surface area contributed by atoms with Gasteiger partial charge < -0.3 is 4.57 Å². The van der Waals surface area contributed by atoms with E-state index in [1.807, 2.05) is 25.1 Å². The normalized spacial score (nSPS) is 18.6. The fourth-order valence-electron chi connectivity index (χ4n) is 4.96. The summed E-state index contributed by atoms with van der Waals surface area (Å²) < 4.78 is 1.54. The van der Waals surface area contributed by atoms with Crippen LogP contribution in [0.4, 0.5) is 0 Å². The molecule has 0 aromatic heterocycles. The van der Waals surface area contributed by atoms with E-state index < -0.39 is 18.9 Å². The van der Waals surface area contributed by atoms with Crippen molar-refractivity contribution in [3.63, 3.8) is 0 Å². The minimum Gasteiger partial charge on any atom is -0.356 e. The molecule has 4 rings (SSSR count). The Balaban J connectivity index is 1.97. The van der Waals surface area contributed by atoms with Crippen molar-refractivity contribution in [1.82, 2.24) is 4.57 Å². The van der Waals surface area contributed by atoms with Crippen LogP contribution >= 0.6 is 11.8 Å². The van der Waals surface area contributed by atoms with Crippen molar-refractivity contribution in [2.75, 3.05) is 0 Å². The van der Waals surface area contributed by atoms with Gasteiger partial charge >= 0.3 is 0 Å². The van der Waals surface area contributed by atoms with E-state index in [2.05, 4.69) is 111 Å². The highest BCUT2D eigenvalue weighted by Gasteiger charge is 2.61. The molecule has 1 saturated heterocycles. The van der Waals surface area contributed by atoms with Crippen LogP contribution in [-0.4, -0.2) is 29.9 Å². The number of thioether (sulfide) groups is 1. The van der Waals surface area contributed by atoms with Gasteiger partial charge in [-0.05, 0) is 21.7 Å². The largest absolute Gasteiger partial charge is 0.356 e. The summed E-state index contributed by atoms with van der Waals surface area (Å²) in [4.78, 5) is 26.9. The molecule has 0 aliphatic carbocycles. The molecule has 0 saturated carbocycles. The average molecular weight is 516 g/mol. The second-order valence-electron chi connectivity index (χ2n) is 11.1. The maximum atomic E-state index is 13.7. The van der Waals surface area contributed by atoms with Gasteiger partial charge in [-0.2, -0.15) is 0 Å². The van der Waals surface area contributed by atoms with Crippen LogP contribution < -0.4 is 0 Å². The lowest BCUT2D eigenvalue weighted by Gasteiger charge is -2.59. The van der Waals surface area contributed by atoms with Crippen molar-refractivity contribution in [1.29, 1.82) is 0 Å². The van der Waals surface area contributed by atoms with E-state index in [-0.39, 0.29) is 22.1 Å². The van der Waals surface area contributed by atoms with Crippen LogP contribution in [-0.2, 0) is 14.3 Å². The molecule has 3 aromatic rings. The Morgan fingerprint density at radius 1 is 0.806 bits per heavy atom. The molecular formula is C31H37NO2SSi. The Morgan fingerprint density at radius 3 is 1.53 bits per heavy atom. The second kappa shape index (κ2) is 10.0. The minimum atomic E-state index is -2.24. The Kier molecular flexibility index (Phi) is 7.36. The zero-order chi connectivity index (χ0) is 26.1. The maximum absolute atomic E-state index is 13.7. The first-order valence-corrected chi connectivity index (χ1v) is 16.6. The quantitative estimate of drug-likeness (QED) is 0.135. The number of Topliss-reactive ketones (excluding diaryl/α,β-unsaturated/α-hetero) is 1. The monoisotopic (exact) mass is 515 g/mol. The van der Waals surface area contributed by atoms with Gasteiger partial charge in [0, 0.05) is 6.42 Å². The summed E-state index contributed by atoms with van der Waals surface area (Å²) in [5, 5.41) is -0.261. The van der Waals surface area contributed by atoms with Gasteiger partial charge in [-0.3, -0.25) is 9.59 Å². The Morgan fingerprint density at radius 2 is 1.19 bits per heavy atom. The number of ketones is 1. The first-order valence-electron chi connectivity index (χ1n) is 12.8. The fourth-order valence-corrected chi connectivity index (χ4v) is 9.90. The van der Waals surface area contributed by atoms with Crippen molar-refractivity contribution in [2.45, 2.75) is 62.4 Å². The number of hydrogen-bond donors (Lipinski definition) is 0. The first-order chi connectivity index (χ1) is 17.1. The Labute approximate surface area is 221 Å². The number of hydrogen-bond acceptors (Lipinski definition) is 3. The number of amides is 1. The van der Waals surface area contributed by atoms with E-state index in [1.54, 1.807) is 11.8 Å². The molecule has 1 aliphatic heterocycles. The molecule has 3 nitrogen and oxygen atoms in total. The van der Waals surface area contributed by atoms with Gasteiger partial charge in [0.05, 0.1) is 10.1 Å². The summed E-state index contributed by atoms with van der Waals surface area (Å²) in [7, 11) is -2.24. The summed E-state index contributed by atoms with van der Waals surface area (Å²) in [6, 6.07) is 31.5. The van der Waals surface area contributed by atoms with Crippen molar-refractivity contribution in [3.8, 4) is 0 Å². The van der Waals surface area contributed by atoms with E-state index in [0.29, 0.717) is 6.42 Å². The van der Waals surface area contributed by atoms with Crippen LogP contribution in [0.5, 0.6) is 0 Å². The maximum Gasteiger partial charge on any atom is 0.229 e. The molecular weight excluding hydrogens is 478 g/mol. The molecule has 0 spiro atoms. The lowest BCUT2D eigenvalue weighted by atomic mass is 9.84. The van der Waals surface area contributed by atoms with Crippen LogP contribution in [0.3, 0.4) is 0 Å². The van der Waals surface area contributed by atoms with Crippen LogP contribution in [0.2, 0.25) is 18.1 Å². The van der Waals surface area contributed by atoms with Crippen molar-refractivity contribution in [2.24, 2.45) is 5.92 Å². The minimum absolute atomic E-state index is 0.00836. The molecule has 1 fully saturated rings. The van der Waals surface area contributed by atoms with E-state index in [4.69, 9.17) is 0 Å². The SMILES string of the molecule is CCC(=O)[C@@H]1C(=O)N([Si](C)(C)C(C)(C)C)[C@H]1SC(c1ccccc1)(c1ccccc1)c1ccccc1. The van der Waals surface area contributed by atoms with Gasteiger partial charge in [0.1, 0.15) is 11.7 Å². The first kappa shape index (κ1) is 26.4. The standard InChI is InChI=1S/C31H37NO2SSi/c1-7-26(33)27-28(34)32(36(5,6)30(2,3)4)29(27)35-31(23-17-11-8-12-18-23,24-19-13-9-14-20-24)25-21-15-10-16-22-25/h8-22,27,29H,7H2,1-6H3/t27-,29+/m1/s1. The van der Waals surface area contributed by atoms with E-state index in [1.165, 1.54) is 0 Å². The molecule has 1 heterocycles. The molecule has 5 heteroatoms. The zero-order valence-electron chi connectivity index (χ0n) is 22.2. The number of benzene rings is 3. The molecule has 3 aromatic carbocycles. The van der Waals surface area contributed by atoms with Gasteiger partial charge in [0.15, 0.2) is 8.24 Å². The van der Waals surface area contributed by atoms with Crippen LogP contribution in [0.1, 0.15) is 50.8 Å². The highest BCUT2D eigenvalue weighted by molar-refractivity contribution is 8.01. The van der Waals surface area contributed by atoms with Crippen molar-refractivity contribution in [3.05, 3.63) is 108 Å². The zero-order valence-corrected chi connectivity index (χ0v) is 24.0. The summed E-state index contributed by atoms with van der Waals surface area (Å²) in [6.45, 7) is 13.1. The Bertz CT molecular complexity index is 1110. The third kappa shape index (κ3) is 4.37. The number of carbonyl (C=O) groups is 2. The van der Waals surface area contributed by atoms with Crippen molar-refractivity contribution >= 4 is 31.7 Å². The van der Waals surface area contributed by atoms with Gasteiger partial charge in [0.25, 0.3) is 0 Å². The Hall–Kier alpha value is -2.63. The van der Waals surface area contributed by atoms with Crippen LogP contribution in [0, 0.1) is 5.92 Å². The van der Waals surface area contributed by atoms with E-state index >= 15 is 0 Å². The molecule has 1 amide bonds. The lowest BCUT2D eigenvalue weighted by molar-refractivity contribution is -0.149. The summed E-state index contributed by atoms with van der Waals surface area (Å²) in [5.74, 6) is -0.561. The summed E-state index contributed by atoms with van der Waals surface area (Å²) in [5.41, 5.74) is 3.43. The van der Waals surface area contributed by atoms with E-state index in [9.17, 15) is 9.59 Å². The molecule has 0 bridgehead atoms. The summed E-state index contributed by atoms with van der Waals surface area (Å²) in [6.07, 6.45) is 0.369. The molecule has 0 N–H and O–H groups in total. The smallest absolute Gasteiger partial charge is 0.229 e. The predicted octanol–water partition coefficient (Wildman–Crippen LogP) is 7.48. The van der Waals surface area contributed by atoms with Crippen LogP contribution in [0.25, 0.3) is 0 Å². The second-order valence-corrected chi connectivity index (χ2v) is 17.5. The predicted molar refractivity (Wildman–Crippen MR) is 153 cm³/mol. The highest BCUT2D eigenvalue weighted by atomic mass is 32.2. The molecule has 0 unspecified atom stereocenters. The third-order valence-corrected chi connectivity index (χ3v) is 15.4. The topological polar surface area (TPSA) is 37.4 Å². The molecule has 1 aliphatic rings. The van der Waals surface area contributed by atoms with Crippen LogP contribution in [0.15, 0.2) is 91.0 Å². The van der Waals surface area contributed by atoms with Gasteiger partial charge in [0.2, 0.25) is 5.91 Å². The molecule has 0 radical (unpaired) electrons. The lowest BCUT2D eigenvalue weighted by Crippen LogP contribution is -2.73. The number of β-lactam (4-membered cyclic amide) rings is 1.